The van der Waals surface area contributed by atoms with Crippen molar-refractivity contribution in [2.24, 2.45) is 0 Å². The standard InChI is InChI=1S/C9H10N2O2/c10-8-4-5-11-6-7(8)2-1-3-9(12)13/h1,3-6H,2H2,(H2,10,11)(H,12,13)/b3-1+. The van der Waals surface area contributed by atoms with E-state index in [2.05, 4.69) is 4.98 Å². The van der Waals surface area contributed by atoms with E-state index in [-0.39, 0.29) is 0 Å². The number of nitrogens with two attached hydrogens (primary N) is 1. The van der Waals surface area contributed by atoms with Gasteiger partial charge in [-0.3, -0.25) is 4.98 Å². The fourth-order valence-corrected chi connectivity index (χ4v) is 0.895. The number of carbonyl (C=O) groups is 1. The van der Waals surface area contributed by atoms with Gasteiger partial charge in [-0.1, -0.05) is 6.08 Å². The van der Waals surface area contributed by atoms with Gasteiger partial charge in [-0.2, -0.15) is 0 Å². The molecule has 4 nitrogen and oxygen atoms in total. The predicted octanol–water partition coefficient (Wildman–Crippen LogP) is 0.847. The molecule has 0 aliphatic heterocycles. The Balaban J connectivity index is 2.64. The molecule has 3 N–H and O–H groups in total. The summed E-state index contributed by atoms with van der Waals surface area (Å²) in [4.78, 5) is 14.0. The molecule has 0 unspecified atom stereocenters. The monoisotopic (exact) mass is 178 g/mol. The molecule has 0 atom stereocenters. The van der Waals surface area contributed by atoms with Crippen molar-refractivity contribution < 1.29 is 9.90 Å². The Morgan fingerprint density at radius 2 is 2.46 bits per heavy atom. The molecule has 13 heavy (non-hydrogen) atoms. The molecule has 1 rings (SSSR count). The van der Waals surface area contributed by atoms with Crippen LogP contribution in [-0.4, -0.2) is 16.1 Å². The third kappa shape index (κ3) is 2.94. The van der Waals surface area contributed by atoms with Crippen LogP contribution in [0, 0.1) is 0 Å². The maximum Gasteiger partial charge on any atom is 0.327 e. The van der Waals surface area contributed by atoms with Crippen molar-refractivity contribution in [3.05, 3.63) is 36.2 Å². The summed E-state index contributed by atoms with van der Waals surface area (Å²) < 4.78 is 0. The largest absolute Gasteiger partial charge is 0.478 e. The molecular formula is C9H10N2O2. The van der Waals surface area contributed by atoms with E-state index in [1.165, 1.54) is 6.08 Å². The average molecular weight is 178 g/mol. The van der Waals surface area contributed by atoms with Crippen LogP contribution in [0.25, 0.3) is 0 Å². The summed E-state index contributed by atoms with van der Waals surface area (Å²) in [6.45, 7) is 0. The van der Waals surface area contributed by atoms with Crippen LogP contribution in [0.1, 0.15) is 5.56 Å². The van der Waals surface area contributed by atoms with Gasteiger partial charge in [-0.25, -0.2) is 4.79 Å². The highest BCUT2D eigenvalue weighted by Gasteiger charge is 1.95. The molecule has 1 aromatic heterocycles. The minimum atomic E-state index is -0.956. The number of carboxylic acid groups (broad SMARTS) is 1. The molecule has 0 saturated carbocycles. The summed E-state index contributed by atoms with van der Waals surface area (Å²) in [6, 6.07) is 1.68. The number of hydrogen-bond acceptors (Lipinski definition) is 3. The zero-order valence-corrected chi connectivity index (χ0v) is 6.97. The van der Waals surface area contributed by atoms with Crippen LogP contribution in [0.4, 0.5) is 5.69 Å². The number of pyridine rings is 1. The van der Waals surface area contributed by atoms with Gasteiger partial charge >= 0.3 is 5.97 Å². The van der Waals surface area contributed by atoms with E-state index in [9.17, 15) is 4.79 Å². The Morgan fingerprint density at radius 1 is 1.69 bits per heavy atom. The number of aromatic nitrogens is 1. The lowest BCUT2D eigenvalue weighted by molar-refractivity contribution is -0.131. The lowest BCUT2D eigenvalue weighted by Gasteiger charge is -1.99. The zero-order chi connectivity index (χ0) is 9.68. The fraction of sp³-hybridized carbons (Fsp3) is 0.111. The predicted molar refractivity (Wildman–Crippen MR) is 49.1 cm³/mol. The van der Waals surface area contributed by atoms with Gasteiger partial charge in [-0.05, 0) is 18.1 Å². The Morgan fingerprint density at radius 3 is 3.08 bits per heavy atom. The highest BCUT2D eigenvalue weighted by molar-refractivity contribution is 5.79. The number of nitrogen functional groups attached to an aromatic ring is 1. The fourth-order valence-electron chi connectivity index (χ4n) is 0.895. The van der Waals surface area contributed by atoms with Crippen molar-refractivity contribution in [2.75, 3.05) is 5.73 Å². The number of rotatable bonds is 3. The minimum absolute atomic E-state index is 0.492. The first-order valence-corrected chi connectivity index (χ1v) is 3.78. The molecule has 0 bridgehead atoms. The van der Waals surface area contributed by atoms with Crippen molar-refractivity contribution in [2.45, 2.75) is 6.42 Å². The van der Waals surface area contributed by atoms with Gasteiger partial charge in [-0.15, -0.1) is 0 Å². The van der Waals surface area contributed by atoms with Crippen molar-refractivity contribution in [1.82, 2.24) is 4.98 Å². The number of carboxylic acids is 1. The van der Waals surface area contributed by atoms with Crippen LogP contribution in [-0.2, 0) is 11.2 Å². The molecular weight excluding hydrogens is 168 g/mol. The third-order valence-electron chi connectivity index (χ3n) is 1.54. The summed E-state index contributed by atoms with van der Waals surface area (Å²) in [7, 11) is 0. The smallest absolute Gasteiger partial charge is 0.327 e. The van der Waals surface area contributed by atoms with E-state index in [0.29, 0.717) is 12.1 Å². The average Bonchev–Trinajstić information content (AvgIpc) is 2.08. The highest BCUT2D eigenvalue weighted by atomic mass is 16.4. The van der Waals surface area contributed by atoms with Crippen LogP contribution >= 0.6 is 0 Å². The van der Waals surface area contributed by atoms with Gasteiger partial charge in [0.25, 0.3) is 0 Å². The number of hydrogen-bond donors (Lipinski definition) is 2. The zero-order valence-electron chi connectivity index (χ0n) is 6.97. The Hall–Kier alpha value is -1.84. The van der Waals surface area contributed by atoms with E-state index in [4.69, 9.17) is 10.8 Å². The van der Waals surface area contributed by atoms with Crippen LogP contribution in [0.5, 0.6) is 0 Å². The number of nitrogens with zero attached hydrogens (tertiary/aromatic N) is 1. The Labute approximate surface area is 75.7 Å². The number of aliphatic carboxylic acids is 1. The number of anilines is 1. The van der Waals surface area contributed by atoms with Crippen molar-refractivity contribution >= 4 is 11.7 Å². The van der Waals surface area contributed by atoms with Crippen molar-refractivity contribution in [3.63, 3.8) is 0 Å². The highest BCUT2D eigenvalue weighted by Crippen LogP contribution is 2.09. The van der Waals surface area contributed by atoms with Crippen molar-refractivity contribution in [3.8, 4) is 0 Å². The molecule has 0 amide bonds. The Bertz CT molecular complexity index is 334. The third-order valence-corrected chi connectivity index (χ3v) is 1.54. The van der Waals surface area contributed by atoms with Gasteiger partial charge in [0, 0.05) is 24.2 Å². The molecule has 68 valence electrons. The molecule has 0 aliphatic rings. The lowest BCUT2D eigenvalue weighted by Crippen LogP contribution is -1.94. The van der Waals surface area contributed by atoms with Gasteiger partial charge in [0.2, 0.25) is 0 Å². The first kappa shape index (κ1) is 9.25. The van der Waals surface area contributed by atoms with Crippen LogP contribution in [0.15, 0.2) is 30.6 Å². The molecule has 0 radical (unpaired) electrons. The molecule has 1 heterocycles. The first-order chi connectivity index (χ1) is 6.20. The summed E-state index contributed by atoms with van der Waals surface area (Å²) >= 11 is 0. The molecule has 4 heteroatoms. The molecule has 0 spiro atoms. The first-order valence-electron chi connectivity index (χ1n) is 3.78. The van der Waals surface area contributed by atoms with E-state index < -0.39 is 5.97 Å². The second kappa shape index (κ2) is 4.25. The summed E-state index contributed by atoms with van der Waals surface area (Å²) in [5, 5.41) is 8.33. The topological polar surface area (TPSA) is 76.2 Å². The molecule has 0 fully saturated rings. The number of allylic oxidation sites excluding steroid dienone is 1. The molecule has 0 aliphatic carbocycles. The SMILES string of the molecule is Nc1ccncc1C/C=C/C(=O)O. The molecule has 0 aromatic carbocycles. The minimum Gasteiger partial charge on any atom is -0.478 e. The van der Waals surface area contributed by atoms with E-state index >= 15 is 0 Å². The quantitative estimate of drug-likeness (QED) is 0.672. The maximum absolute atomic E-state index is 10.1. The van der Waals surface area contributed by atoms with Crippen molar-refractivity contribution in [1.29, 1.82) is 0 Å². The second-order valence-corrected chi connectivity index (χ2v) is 2.52. The van der Waals surface area contributed by atoms with E-state index in [0.717, 1.165) is 11.6 Å². The second-order valence-electron chi connectivity index (χ2n) is 2.52. The summed E-state index contributed by atoms with van der Waals surface area (Å²) in [5.74, 6) is -0.956. The van der Waals surface area contributed by atoms with Crippen LogP contribution < -0.4 is 5.73 Å². The summed E-state index contributed by atoms with van der Waals surface area (Å²) in [6.07, 6.45) is 6.34. The molecule has 1 aromatic rings. The Kier molecular flexibility index (Phi) is 3.03. The maximum atomic E-state index is 10.1. The van der Waals surface area contributed by atoms with Crippen LogP contribution in [0.2, 0.25) is 0 Å². The van der Waals surface area contributed by atoms with Crippen LogP contribution in [0.3, 0.4) is 0 Å². The van der Waals surface area contributed by atoms with E-state index in [1.54, 1.807) is 18.5 Å². The summed E-state index contributed by atoms with van der Waals surface area (Å²) in [5.41, 5.74) is 7.08. The van der Waals surface area contributed by atoms with E-state index in [1.807, 2.05) is 0 Å². The van der Waals surface area contributed by atoms with Gasteiger partial charge < -0.3 is 10.8 Å². The van der Waals surface area contributed by atoms with Gasteiger partial charge in [0.05, 0.1) is 0 Å². The lowest BCUT2D eigenvalue weighted by atomic mass is 10.1. The molecule has 0 saturated heterocycles. The normalized spacial score (nSPS) is 10.5. The van der Waals surface area contributed by atoms with Gasteiger partial charge in [0.1, 0.15) is 0 Å². The van der Waals surface area contributed by atoms with Gasteiger partial charge in [0.15, 0.2) is 0 Å².